The van der Waals surface area contributed by atoms with Crippen LogP contribution in [0.5, 0.6) is 23.0 Å². The molecule has 0 aliphatic heterocycles. The van der Waals surface area contributed by atoms with Gasteiger partial charge in [0.2, 0.25) is 5.91 Å². The Morgan fingerprint density at radius 1 is 0.900 bits per heavy atom. The van der Waals surface area contributed by atoms with E-state index in [4.69, 9.17) is 19.9 Å². The molecule has 0 radical (unpaired) electrons. The number of aryl methyl sites for hydroxylation is 1. The van der Waals surface area contributed by atoms with Crippen molar-refractivity contribution < 1.29 is 27.8 Å². The van der Waals surface area contributed by atoms with Gasteiger partial charge in [-0.25, -0.2) is 8.78 Å². The van der Waals surface area contributed by atoms with E-state index in [2.05, 4.69) is 0 Å². The zero-order valence-corrected chi connectivity index (χ0v) is 16.4. The molecule has 7 heteroatoms. The van der Waals surface area contributed by atoms with Crippen molar-refractivity contribution in [3.63, 3.8) is 0 Å². The second-order valence-electron chi connectivity index (χ2n) is 6.57. The van der Waals surface area contributed by atoms with Gasteiger partial charge < -0.3 is 19.9 Å². The molecule has 0 spiro atoms. The van der Waals surface area contributed by atoms with E-state index in [1.165, 1.54) is 0 Å². The van der Waals surface area contributed by atoms with Crippen molar-refractivity contribution in [2.24, 2.45) is 5.73 Å². The van der Waals surface area contributed by atoms with Crippen LogP contribution in [0.1, 0.15) is 17.5 Å². The lowest BCUT2D eigenvalue weighted by Crippen LogP contribution is -2.11. The first-order valence-electron chi connectivity index (χ1n) is 9.24. The Labute approximate surface area is 173 Å². The van der Waals surface area contributed by atoms with Crippen molar-refractivity contribution in [1.29, 1.82) is 0 Å². The van der Waals surface area contributed by atoms with Crippen molar-refractivity contribution in [3.05, 3.63) is 83.4 Å². The molecule has 30 heavy (non-hydrogen) atoms. The molecule has 0 unspecified atom stereocenters. The number of primary amides is 1. The van der Waals surface area contributed by atoms with E-state index < -0.39 is 23.3 Å². The van der Waals surface area contributed by atoms with Gasteiger partial charge in [-0.2, -0.15) is 0 Å². The Kier molecular flexibility index (Phi) is 6.85. The van der Waals surface area contributed by atoms with Gasteiger partial charge in [-0.15, -0.1) is 0 Å². The summed E-state index contributed by atoms with van der Waals surface area (Å²) in [4.78, 5) is 10.8. The lowest BCUT2D eigenvalue weighted by atomic mass is 10.1. The molecular weight excluding hydrogens is 392 g/mol. The minimum atomic E-state index is -0.833. The Bertz CT molecular complexity index is 999. The average Bonchev–Trinajstić information content (AvgIpc) is 2.72. The number of methoxy groups -OCH3 is 1. The van der Waals surface area contributed by atoms with Crippen molar-refractivity contribution >= 4 is 5.91 Å². The fourth-order valence-corrected chi connectivity index (χ4v) is 2.80. The van der Waals surface area contributed by atoms with Crippen LogP contribution in [0.25, 0.3) is 0 Å². The average molecular weight is 413 g/mol. The number of carbonyl (C=O) groups is 1. The zero-order chi connectivity index (χ0) is 21.5. The molecule has 3 aromatic rings. The summed E-state index contributed by atoms with van der Waals surface area (Å²) in [7, 11) is 1.58. The molecule has 0 saturated heterocycles. The second-order valence-corrected chi connectivity index (χ2v) is 6.57. The molecule has 1 amide bonds. The maximum Gasteiger partial charge on any atom is 0.217 e. The van der Waals surface area contributed by atoms with Crippen LogP contribution in [0.15, 0.2) is 60.7 Å². The van der Waals surface area contributed by atoms with Crippen molar-refractivity contribution in [3.8, 4) is 23.0 Å². The van der Waals surface area contributed by atoms with E-state index in [-0.39, 0.29) is 19.4 Å². The summed E-state index contributed by atoms with van der Waals surface area (Å²) in [6, 6.07) is 16.4. The molecule has 0 aromatic heterocycles. The topological polar surface area (TPSA) is 70.8 Å². The van der Waals surface area contributed by atoms with E-state index in [0.717, 1.165) is 12.1 Å². The molecule has 2 N–H and O–H groups in total. The van der Waals surface area contributed by atoms with Gasteiger partial charge in [0.15, 0.2) is 17.4 Å². The standard InChI is InChI=1S/C23H21F2NO4/c1-28-17-6-8-18(9-7-17)30-19-4-2-3-16(11-19)14-29-23-20(24)12-15(13-21(23)25)5-10-22(26)27/h2-4,6-9,11-13H,5,10,14H2,1H3,(H2,26,27). The third-order valence-corrected chi connectivity index (χ3v) is 4.29. The molecule has 0 atom stereocenters. The van der Waals surface area contributed by atoms with E-state index in [1.807, 2.05) is 0 Å². The summed E-state index contributed by atoms with van der Waals surface area (Å²) in [6.07, 6.45) is 0.175. The van der Waals surface area contributed by atoms with Gasteiger partial charge in [-0.3, -0.25) is 4.79 Å². The highest BCUT2D eigenvalue weighted by Crippen LogP contribution is 2.27. The fraction of sp³-hybridized carbons (Fsp3) is 0.174. The molecule has 0 aliphatic rings. The largest absolute Gasteiger partial charge is 0.497 e. The lowest BCUT2D eigenvalue weighted by Gasteiger charge is -2.12. The minimum absolute atomic E-state index is 0.0140. The molecule has 0 bridgehead atoms. The molecule has 5 nitrogen and oxygen atoms in total. The van der Waals surface area contributed by atoms with Crippen molar-refractivity contribution in [2.45, 2.75) is 19.4 Å². The number of benzene rings is 3. The van der Waals surface area contributed by atoms with Crippen LogP contribution in [-0.2, 0) is 17.8 Å². The molecule has 0 aliphatic carbocycles. The number of carbonyl (C=O) groups excluding carboxylic acids is 1. The van der Waals surface area contributed by atoms with E-state index in [9.17, 15) is 13.6 Å². The summed E-state index contributed by atoms with van der Waals surface area (Å²) in [5.41, 5.74) is 6.08. The van der Waals surface area contributed by atoms with Crippen molar-refractivity contribution in [1.82, 2.24) is 0 Å². The normalized spacial score (nSPS) is 10.5. The van der Waals surface area contributed by atoms with Crippen LogP contribution in [0.4, 0.5) is 8.78 Å². The first kappa shape index (κ1) is 21.1. The lowest BCUT2D eigenvalue weighted by molar-refractivity contribution is -0.117. The second kappa shape index (κ2) is 9.73. The minimum Gasteiger partial charge on any atom is -0.497 e. The van der Waals surface area contributed by atoms with Crippen LogP contribution >= 0.6 is 0 Å². The summed E-state index contributed by atoms with van der Waals surface area (Å²) in [5.74, 6) is -0.775. The SMILES string of the molecule is COc1ccc(Oc2cccc(COc3c(F)cc(CCC(N)=O)cc3F)c2)cc1. The van der Waals surface area contributed by atoms with Crippen LogP contribution < -0.4 is 19.9 Å². The number of ether oxygens (including phenoxy) is 3. The maximum absolute atomic E-state index is 14.3. The Balaban J connectivity index is 1.65. The van der Waals surface area contributed by atoms with E-state index >= 15 is 0 Å². The molecule has 3 aromatic carbocycles. The quantitative estimate of drug-likeness (QED) is 0.549. The van der Waals surface area contributed by atoms with Crippen LogP contribution in [0.2, 0.25) is 0 Å². The smallest absolute Gasteiger partial charge is 0.217 e. The van der Waals surface area contributed by atoms with Gasteiger partial charge in [0.05, 0.1) is 7.11 Å². The number of halogens is 2. The van der Waals surface area contributed by atoms with Crippen LogP contribution in [-0.4, -0.2) is 13.0 Å². The first-order chi connectivity index (χ1) is 14.4. The highest BCUT2D eigenvalue weighted by Gasteiger charge is 2.14. The van der Waals surface area contributed by atoms with E-state index in [0.29, 0.717) is 28.4 Å². The Hall–Kier alpha value is -3.61. The summed E-state index contributed by atoms with van der Waals surface area (Å²) >= 11 is 0. The van der Waals surface area contributed by atoms with Gasteiger partial charge in [0.1, 0.15) is 23.9 Å². The summed E-state index contributed by atoms with van der Waals surface area (Å²) in [6.45, 7) is -0.0473. The zero-order valence-electron chi connectivity index (χ0n) is 16.4. The Morgan fingerprint density at radius 2 is 1.57 bits per heavy atom. The van der Waals surface area contributed by atoms with Gasteiger partial charge in [0, 0.05) is 6.42 Å². The van der Waals surface area contributed by atoms with E-state index in [1.54, 1.807) is 55.6 Å². The van der Waals surface area contributed by atoms with Gasteiger partial charge in [-0.1, -0.05) is 12.1 Å². The van der Waals surface area contributed by atoms with Crippen LogP contribution in [0.3, 0.4) is 0 Å². The number of hydrogen-bond donors (Lipinski definition) is 1. The molecule has 3 rings (SSSR count). The highest BCUT2D eigenvalue weighted by molar-refractivity contribution is 5.74. The fourth-order valence-electron chi connectivity index (χ4n) is 2.80. The first-order valence-corrected chi connectivity index (χ1v) is 9.24. The molecular formula is C23H21F2NO4. The predicted octanol–water partition coefficient (Wildman–Crippen LogP) is 4.76. The number of amides is 1. The highest BCUT2D eigenvalue weighted by atomic mass is 19.1. The van der Waals surface area contributed by atoms with Crippen LogP contribution in [0, 0.1) is 11.6 Å². The van der Waals surface area contributed by atoms with Gasteiger partial charge >= 0.3 is 0 Å². The molecule has 0 fully saturated rings. The monoisotopic (exact) mass is 413 g/mol. The number of nitrogens with two attached hydrogens (primary N) is 1. The molecule has 156 valence electrons. The summed E-state index contributed by atoms with van der Waals surface area (Å²) < 4.78 is 44.7. The van der Waals surface area contributed by atoms with Gasteiger partial charge in [-0.05, 0) is 66.1 Å². The summed E-state index contributed by atoms with van der Waals surface area (Å²) in [5, 5.41) is 0. The Morgan fingerprint density at radius 3 is 2.20 bits per heavy atom. The van der Waals surface area contributed by atoms with Gasteiger partial charge in [0.25, 0.3) is 0 Å². The predicted molar refractivity (Wildman–Crippen MR) is 108 cm³/mol. The third-order valence-electron chi connectivity index (χ3n) is 4.29. The van der Waals surface area contributed by atoms with Crippen molar-refractivity contribution in [2.75, 3.05) is 7.11 Å². The number of hydrogen-bond acceptors (Lipinski definition) is 4. The maximum atomic E-state index is 14.3. The molecule has 0 saturated carbocycles. The number of rotatable bonds is 9. The third kappa shape index (κ3) is 5.70. The molecule has 0 heterocycles.